The van der Waals surface area contributed by atoms with Crippen molar-refractivity contribution < 1.29 is 84.4 Å². The van der Waals surface area contributed by atoms with E-state index in [0.29, 0.717) is 25.7 Å². The Morgan fingerprint density at radius 3 is 1.60 bits per heavy atom. The fraction of sp³-hybridized carbons (Fsp3) is 0.941. The van der Waals surface area contributed by atoms with Crippen molar-refractivity contribution in [2.24, 2.45) is 0 Å². The average molecular weight is 1260 g/mol. The largest absolute Gasteiger partial charge is 0.480 e. The Kier molecular flexibility index (Phi) is 47.0. The highest BCUT2D eigenvalue weighted by Gasteiger charge is 2.57. The van der Waals surface area contributed by atoms with E-state index in [1.165, 1.54) is 77.7 Å². The molecule has 2 aliphatic rings. The molecule has 2 heterocycles. The molecule has 13 atom stereocenters. The van der Waals surface area contributed by atoms with Crippen LogP contribution < -0.4 is 5.32 Å². The van der Waals surface area contributed by atoms with Gasteiger partial charge < -0.3 is 68.3 Å². The first-order valence-corrected chi connectivity index (χ1v) is 36.3. The molecule has 2 saturated heterocycles. The number of hydrogen-bond acceptors (Lipinski definition) is 14. The number of unbranched alkanes of at least 4 members (excludes halogenated alkanes) is 31. The van der Waals surface area contributed by atoms with E-state index in [9.17, 15) is 40.6 Å². The lowest BCUT2D eigenvalue weighted by Gasteiger charge is -2.50. The number of methoxy groups -OCH3 is 2. The zero-order valence-electron chi connectivity index (χ0n) is 57.3. The van der Waals surface area contributed by atoms with E-state index in [-0.39, 0.29) is 38.6 Å². The van der Waals surface area contributed by atoms with E-state index in [0.717, 1.165) is 148 Å². The second-order valence-corrected chi connectivity index (χ2v) is 25.8. The summed E-state index contributed by atoms with van der Waals surface area (Å²) in [7, 11) is -2.26. The van der Waals surface area contributed by atoms with E-state index >= 15 is 0 Å². The van der Waals surface area contributed by atoms with Crippen molar-refractivity contribution in [1.29, 1.82) is 0 Å². The molecule has 2 aliphatic heterocycles. The maximum atomic E-state index is 14.2. The number of nitrogens with one attached hydrogen (secondary N) is 1. The van der Waals surface area contributed by atoms with Gasteiger partial charge in [-0.05, 0) is 44.9 Å². The molecule has 0 saturated carbocycles. The minimum atomic E-state index is -5.26. The Balaban J connectivity index is 2.52. The van der Waals surface area contributed by atoms with Crippen molar-refractivity contribution in [2.45, 2.75) is 364 Å². The first kappa shape index (κ1) is 77.7. The van der Waals surface area contributed by atoms with Crippen molar-refractivity contribution in [2.75, 3.05) is 47.2 Å². The highest BCUT2D eigenvalue weighted by atomic mass is 31.2. The summed E-state index contributed by atoms with van der Waals surface area (Å²) in [5.41, 5.74) is -2.46. The number of carbonyl (C=O) groups is 2. The average Bonchev–Trinajstić information content (AvgIpc) is 1.02. The number of aliphatic hydroxyl groups is 2. The fourth-order valence-corrected chi connectivity index (χ4v) is 12.2. The molecule has 19 heteroatoms. The first-order valence-electron chi connectivity index (χ1n) is 35.9. The first-order chi connectivity index (χ1) is 43.0. The summed E-state index contributed by atoms with van der Waals surface area (Å²) in [5.74, 6) is 4.83. The van der Waals surface area contributed by atoms with Gasteiger partial charge in [-0.3, -0.25) is 9.32 Å². The SMILES string of the molecule is [2H]C(CCCCCCCCCCC)O[C@H]1[C@H](O)[C@@H](CO[C@@H]2O[C@H](COC)[C@@H](OP(=O)(O)O)[C@H](OCC[C@@H](CCCCCCC)OC)[C@H]2NC(=O)CCCCCCCC#CCCCCCCCC)OC(OCC(=O)O)[C@@]1(O)C([2H])CCCCCCCCCCC. The molecule has 3 unspecified atom stereocenters. The number of phosphoric acid groups is 1. The summed E-state index contributed by atoms with van der Waals surface area (Å²) in [4.78, 5) is 47.0. The third kappa shape index (κ3) is 38.1. The van der Waals surface area contributed by atoms with Gasteiger partial charge in [-0.25, -0.2) is 9.36 Å². The van der Waals surface area contributed by atoms with Crippen LogP contribution in [0.4, 0.5) is 0 Å². The lowest BCUT2D eigenvalue weighted by molar-refractivity contribution is -0.356. The number of carboxylic acid groups (broad SMARTS) is 1. The number of amides is 1. The molecule has 0 aromatic rings. The van der Waals surface area contributed by atoms with Gasteiger partial charge in [-0.1, -0.05) is 233 Å². The summed E-state index contributed by atoms with van der Waals surface area (Å²) >= 11 is 0. The number of phosphoric ester groups is 1. The van der Waals surface area contributed by atoms with Crippen molar-refractivity contribution >= 4 is 19.7 Å². The van der Waals surface area contributed by atoms with Crippen molar-refractivity contribution in [3.05, 3.63) is 0 Å². The molecule has 0 aromatic carbocycles. The standard InChI is InChI=1S/C68H128NO17P/c1-7-11-15-19-22-25-28-29-30-31-32-33-36-40-44-48-59(70)69-61-64(80-52-49-56(79-6)47-43-39-18-14-10-4)63(86-87(75,76)77)58(53-78-5)84-66(61)82-54-57-62(73)65(81-51-46-42-38-35-27-24-21-17-13-9-3)68(74,67(85-57)83-55-60(71)72)50-45-41-37-34-26-23-20-16-12-8-2/h56-58,61-67,73-74H,7-28,31-55H2,1-6H3,(H,69,70)(H,71,72)(H2,75,76,77)/t56-,57-,58-,61-,62-,63-,64-,65+,66-,67?,68-/m1/s1/i50D,51D/t50?,51?,56-,57-,58-,61-,62-,63-,64-,65+,66-,67?,68-. The van der Waals surface area contributed by atoms with Crippen LogP contribution in [0.15, 0.2) is 0 Å². The number of hydrogen-bond donors (Lipinski definition) is 6. The molecule has 2 rings (SSSR count). The molecular weight excluding hydrogens is 1130 g/mol. The summed E-state index contributed by atoms with van der Waals surface area (Å²) in [5, 5.41) is 38.2. The predicted octanol–water partition coefficient (Wildman–Crippen LogP) is 14.5. The van der Waals surface area contributed by atoms with E-state index in [2.05, 4.69) is 44.9 Å². The third-order valence-corrected chi connectivity index (χ3v) is 17.3. The molecule has 2 fully saturated rings. The van der Waals surface area contributed by atoms with Crippen LogP contribution in [0.2, 0.25) is 0 Å². The van der Waals surface area contributed by atoms with Gasteiger partial charge in [-0.15, -0.1) is 11.8 Å². The Morgan fingerprint density at radius 1 is 0.598 bits per heavy atom. The molecule has 6 N–H and O–H groups in total. The van der Waals surface area contributed by atoms with E-state index in [4.69, 9.17) is 43.8 Å². The highest BCUT2D eigenvalue weighted by molar-refractivity contribution is 7.46. The number of carbonyl (C=O) groups excluding carboxylic acids is 1. The Bertz CT molecular complexity index is 1850. The van der Waals surface area contributed by atoms with Crippen molar-refractivity contribution in [3.63, 3.8) is 0 Å². The molecule has 0 aliphatic carbocycles. The van der Waals surface area contributed by atoms with Gasteiger partial charge in [0.15, 0.2) is 12.6 Å². The molecular formula is C68H128NO17P. The minimum Gasteiger partial charge on any atom is -0.480 e. The van der Waals surface area contributed by atoms with Crippen LogP contribution in [0.3, 0.4) is 0 Å². The molecule has 0 aromatic heterocycles. The van der Waals surface area contributed by atoms with Gasteiger partial charge in [0.1, 0.15) is 54.9 Å². The van der Waals surface area contributed by atoms with Gasteiger partial charge in [0.05, 0.1) is 20.7 Å². The number of aliphatic hydroxyl groups excluding tert-OH is 1. The quantitative estimate of drug-likeness (QED) is 0.0188. The lowest BCUT2D eigenvalue weighted by atomic mass is 9.82. The fourth-order valence-electron chi connectivity index (χ4n) is 11.6. The number of aliphatic carboxylic acids is 1. The Hall–Kier alpha value is -1.79. The molecule has 0 spiro atoms. The van der Waals surface area contributed by atoms with Crippen LogP contribution in [-0.4, -0.2) is 151 Å². The zero-order valence-corrected chi connectivity index (χ0v) is 56.2. The number of rotatable bonds is 58. The topological polar surface area (TPSA) is 247 Å². The molecule has 0 bridgehead atoms. The summed E-state index contributed by atoms with van der Waals surface area (Å²) in [6, 6.07) is -1.30. The van der Waals surface area contributed by atoms with Crippen LogP contribution in [-0.2, 0) is 56.6 Å². The monoisotopic (exact) mass is 1260 g/mol. The van der Waals surface area contributed by atoms with Gasteiger partial charge in [0, 0.05) is 48.0 Å². The number of carboxylic acids is 1. The highest BCUT2D eigenvalue weighted by Crippen LogP contribution is 2.43. The van der Waals surface area contributed by atoms with Gasteiger partial charge in [-0.2, -0.15) is 0 Å². The van der Waals surface area contributed by atoms with Gasteiger partial charge in [0.25, 0.3) is 0 Å². The number of ether oxygens (including phenoxy) is 8. The Morgan fingerprint density at radius 2 is 1.09 bits per heavy atom. The molecule has 0 radical (unpaired) electrons. The predicted molar refractivity (Wildman–Crippen MR) is 343 cm³/mol. The third-order valence-electron chi connectivity index (χ3n) is 16.8. The minimum absolute atomic E-state index is 0.0205. The lowest BCUT2D eigenvalue weighted by Crippen LogP contribution is -2.69. The van der Waals surface area contributed by atoms with Crippen molar-refractivity contribution in [3.8, 4) is 11.8 Å². The Labute approximate surface area is 530 Å². The molecule has 1 amide bonds. The summed E-state index contributed by atoms with van der Waals surface area (Å²) in [6.45, 7) is 5.73. The van der Waals surface area contributed by atoms with Gasteiger partial charge >= 0.3 is 13.8 Å². The van der Waals surface area contributed by atoms with Crippen LogP contribution in [0.1, 0.15) is 300 Å². The van der Waals surface area contributed by atoms with Crippen LogP contribution in [0, 0.1) is 11.8 Å². The van der Waals surface area contributed by atoms with Crippen molar-refractivity contribution in [1.82, 2.24) is 5.32 Å². The second-order valence-electron chi connectivity index (χ2n) is 24.6. The maximum Gasteiger partial charge on any atom is 0.470 e. The van der Waals surface area contributed by atoms with Crippen LogP contribution in [0.5, 0.6) is 0 Å². The van der Waals surface area contributed by atoms with E-state index in [1.807, 2.05) is 0 Å². The molecule has 512 valence electrons. The zero-order chi connectivity index (χ0) is 65.4. The van der Waals surface area contributed by atoms with E-state index in [1.54, 1.807) is 7.11 Å². The van der Waals surface area contributed by atoms with Crippen LogP contribution in [0.25, 0.3) is 0 Å². The van der Waals surface area contributed by atoms with E-state index < -0.39 is 107 Å². The van der Waals surface area contributed by atoms with Crippen LogP contribution >= 0.6 is 7.82 Å². The summed E-state index contributed by atoms with van der Waals surface area (Å²) < 4.78 is 86.3. The van der Waals surface area contributed by atoms with Gasteiger partial charge in [0.2, 0.25) is 5.91 Å². The maximum absolute atomic E-state index is 14.2. The summed E-state index contributed by atoms with van der Waals surface area (Å²) in [6.07, 6.45) is 24.8. The molecule has 18 nitrogen and oxygen atoms in total. The smallest absolute Gasteiger partial charge is 0.470 e. The second kappa shape index (κ2) is 52.7. The molecule has 87 heavy (non-hydrogen) atoms. The normalized spacial score (nSPS) is 24.6.